The smallest absolute Gasteiger partial charge is 0.156 e. The number of hydrogen-bond acceptors (Lipinski definition) is 3. The third-order valence-electron chi connectivity index (χ3n) is 4.45. The first-order chi connectivity index (χ1) is 7.58. The fourth-order valence-electron chi connectivity index (χ4n) is 2.61. The van der Waals surface area contributed by atoms with Gasteiger partial charge in [-0.15, -0.1) is 0 Å². The Morgan fingerprint density at radius 1 is 1.38 bits per heavy atom. The first-order valence-corrected chi connectivity index (χ1v) is 6.30. The van der Waals surface area contributed by atoms with Crippen molar-refractivity contribution in [2.75, 3.05) is 13.1 Å². The standard InChI is InChI=1S/C12H25N3O/c1-4-12(5-2)6-8-15(9-7-12)10(3)11(13)14-16/h10,16H,4-9H2,1-3H3,(H2,13,14). The molecule has 94 valence electrons. The SMILES string of the molecule is CCC1(CC)CCN(C(C)C(N)=NO)CC1. The van der Waals surface area contributed by atoms with E-state index < -0.39 is 0 Å². The Hall–Kier alpha value is -0.770. The maximum absolute atomic E-state index is 8.67. The molecule has 16 heavy (non-hydrogen) atoms. The van der Waals surface area contributed by atoms with Crippen LogP contribution in [0, 0.1) is 5.41 Å². The molecule has 0 bridgehead atoms. The van der Waals surface area contributed by atoms with Gasteiger partial charge in [0.2, 0.25) is 0 Å². The maximum atomic E-state index is 8.67. The van der Waals surface area contributed by atoms with Crippen molar-refractivity contribution in [2.24, 2.45) is 16.3 Å². The second-order valence-corrected chi connectivity index (χ2v) is 4.94. The number of rotatable bonds is 4. The molecule has 1 unspecified atom stereocenters. The topological polar surface area (TPSA) is 61.8 Å². The minimum Gasteiger partial charge on any atom is -0.409 e. The molecule has 3 N–H and O–H groups in total. The number of piperidine rings is 1. The summed E-state index contributed by atoms with van der Waals surface area (Å²) in [5, 5.41) is 11.8. The van der Waals surface area contributed by atoms with Crippen molar-refractivity contribution >= 4 is 5.84 Å². The highest BCUT2D eigenvalue weighted by molar-refractivity contribution is 5.84. The second kappa shape index (κ2) is 5.53. The lowest BCUT2D eigenvalue weighted by Gasteiger charge is -2.42. The molecule has 4 nitrogen and oxygen atoms in total. The average Bonchev–Trinajstić information content (AvgIpc) is 2.37. The molecule has 0 aliphatic carbocycles. The Labute approximate surface area is 98.5 Å². The first kappa shape index (κ1) is 13.3. The van der Waals surface area contributed by atoms with Crippen LogP contribution in [0.5, 0.6) is 0 Å². The van der Waals surface area contributed by atoms with Crippen LogP contribution in [0.3, 0.4) is 0 Å². The summed E-state index contributed by atoms with van der Waals surface area (Å²) >= 11 is 0. The van der Waals surface area contributed by atoms with Crippen LogP contribution in [-0.2, 0) is 0 Å². The maximum Gasteiger partial charge on any atom is 0.156 e. The lowest BCUT2D eigenvalue weighted by atomic mass is 9.74. The van der Waals surface area contributed by atoms with E-state index >= 15 is 0 Å². The van der Waals surface area contributed by atoms with Gasteiger partial charge < -0.3 is 10.9 Å². The molecular formula is C12H25N3O. The van der Waals surface area contributed by atoms with E-state index in [0.29, 0.717) is 11.3 Å². The van der Waals surface area contributed by atoms with Gasteiger partial charge in [0.05, 0.1) is 6.04 Å². The van der Waals surface area contributed by atoms with Crippen LogP contribution in [-0.4, -0.2) is 35.1 Å². The normalized spacial score (nSPS) is 24.3. The lowest BCUT2D eigenvalue weighted by molar-refractivity contribution is 0.0862. The molecule has 0 spiro atoms. The number of nitrogens with zero attached hydrogens (tertiary/aromatic N) is 2. The Kier molecular flexibility index (Phi) is 4.59. The zero-order valence-electron chi connectivity index (χ0n) is 10.7. The van der Waals surface area contributed by atoms with Crippen LogP contribution in [0.15, 0.2) is 5.16 Å². The molecule has 0 aromatic rings. The number of oxime groups is 1. The number of amidine groups is 1. The summed E-state index contributed by atoms with van der Waals surface area (Å²) in [5.41, 5.74) is 6.17. The average molecular weight is 227 g/mol. The Bertz CT molecular complexity index is 239. The quantitative estimate of drug-likeness (QED) is 0.334. The molecule has 4 heteroatoms. The van der Waals surface area contributed by atoms with Crippen molar-refractivity contribution < 1.29 is 5.21 Å². The minimum absolute atomic E-state index is 0.0525. The Morgan fingerprint density at radius 3 is 2.25 bits per heavy atom. The van der Waals surface area contributed by atoms with Crippen LogP contribution in [0.1, 0.15) is 46.5 Å². The van der Waals surface area contributed by atoms with Gasteiger partial charge in [-0.1, -0.05) is 31.8 Å². The summed E-state index contributed by atoms with van der Waals surface area (Å²) in [6.07, 6.45) is 4.97. The highest BCUT2D eigenvalue weighted by Gasteiger charge is 2.33. The summed E-state index contributed by atoms with van der Waals surface area (Å²) in [6, 6.07) is 0.0525. The summed E-state index contributed by atoms with van der Waals surface area (Å²) in [5.74, 6) is 0.320. The highest BCUT2D eigenvalue weighted by atomic mass is 16.4. The molecule has 0 aromatic heterocycles. The van der Waals surface area contributed by atoms with Gasteiger partial charge in [-0.2, -0.15) is 0 Å². The fourth-order valence-corrected chi connectivity index (χ4v) is 2.61. The van der Waals surface area contributed by atoms with Crippen molar-refractivity contribution in [3.05, 3.63) is 0 Å². The van der Waals surface area contributed by atoms with Gasteiger partial charge in [-0.3, -0.25) is 4.90 Å². The van der Waals surface area contributed by atoms with E-state index in [2.05, 4.69) is 23.9 Å². The van der Waals surface area contributed by atoms with Gasteiger partial charge in [-0.25, -0.2) is 0 Å². The molecule has 1 rings (SSSR count). The molecule has 0 amide bonds. The molecule has 1 saturated heterocycles. The van der Waals surface area contributed by atoms with E-state index in [-0.39, 0.29) is 6.04 Å². The zero-order valence-corrected chi connectivity index (χ0v) is 10.7. The monoisotopic (exact) mass is 227 g/mol. The molecule has 1 aliphatic rings. The Morgan fingerprint density at radius 2 is 1.88 bits per heavy atom. The van der Waals surface area contributed by atoms with E-state index in [1.165, 1.54) is 25.7 Å². The molecule has 1 aliphatic heterocycles. The number of nitrogens with two attached hydrogens (primary N) is 1. The second-order valence-electron chi connectivity index (χ2n) is 4.94. The van der Waals surface area contributed by atoms with Gasteiger partial charge in [0, 0.05) is 0 Å². The predicted octanol–water partition coefficient (Wildman–Crippen LogP) is 2.02. The number of likely N-dealkylation sites (tertiary alicyclic amines) is 1. The molecule has 1 atom stereocenters. The zero-order chi connectivity index (χ0) is 12.2. The van der Waals surface area contributed by atoms with Crippen LogP contribution in [0.2, 0.25) is 0 Å². The van der Waals surface area contributed by atoms with Crippen LogP contribution in [0.4, 0.5) is 0 Å². The van der Waals surface area contributed by atoms with Crippen molar-refractivity contribution in [1.82, 2.24) is 4.90 Å². The molecule has 1 heterocycles. The lowest BCUT2D eigenvalue weighted by Crippen LogP contribution is -2.48. The summed E-state index contributed by atoms with van der Waals surface area (Å²) < 4.78 is 0. The third kappa shape index (κ3) is 2.67. The summed E-state index contributed by atoms with van der Waals surface area (Å²) in [4.78, 5) is 2.30. The van der Waals surface area contributed by atoms with E-state index in [1.807, 2.05) is 6.92 Å². The van der Waals surface area contributed by atoms with Gasteiger partial charge in [-0.05, 0) is 38.3 Å². The van der Waals surface area contributed by atoms with E-state index in [9.17, 15) is 0 Å². The van der Waals surface area contributed by atoms with Crippen molar-refractivity contribution in [3.63, 3.8) is 0 Å². The number of hydrogen-bond donors (Lipinski definition) is 2. The first-order valence-electron chi connectivity index (χ1n) is 6.30. The van der Waals surface area contributed by atoms with E-state index in [4.69, 9.17) is 10.9 Å². The molecule has 0 aromatic carbocycles. The van der Waals surface area contributed by atoms with Gasteiger partial charge in [0.1, 0.15) is 0 Å². The minimum atomic E-state index is 0.0525. The van der Waals surface area contributed by atoms with Crippen molar-refractivity contribution in [1.29, 1.82) is 0 Å². The van der Waals surface area contributed by atoms with E-state index in [1.54, 1.807) is 0 Å². The van der Waals surface area contributed by atoms with Gasteiger partial charge in [0.15, 0.2) is 5.84 Å². The Balaban J connectivity index is 2.54. The largest absolute Gasteiger partial charge is 0.409 e. The van der Waals surface area contributed by atoms with Crippen LogP contribution >= 0.6 is 0 Å². The van der Waals surface area contributed by atoms with Crippen LogP contribution in [0.25, 0.3) is 0 Å². The summed E-state index contributed by atoms with van der Waals surface area (Å²) in [7, 11) is 0. The van der Waals surface area contributed by atoms with Crippen molar-refractivity contribution in [2.45, 2.75) is 52.5 Å². The van der Waals surface area contributed by atoms with Gasteiger partial charge >= 0.3 is 0 Å². The molecule has 0 saturated carbocycles. The molecule has 1 fully saturated rings. The van der Waals surface area contributed by atoms with Crippen molar-refractivity contribution in [3.8, 4) is 0 Å². The van der Waals surface area contributed by atoms with E-state index in [0.717, 1.165) is 13.1 Å². The van der Waals surface area contributed by atoms with Gasteiger partial charge in [0.25, 0.3) is 0 Å². The van der Waals surface area contributed by atoms with Crippen LogP contribution < -0.4 is 5.73 Å². The highest BCUT2D eigenvalue weighted by Crippen LogP contribution is 2.38. The molecular weight excluding hydrogens is 202 g/mol. The predicted molar refractivity (Wildman–Crippen MR) is 66.7 cm³/mol. The fraction of sp³-hybridized carbons (Fsp3) is 0.917. The summed E-state index contributed by atoms with van der Waals surface area (Å²) in [6.45, 7) is 8.68. The molecule has 0 radical (unpaired) electrons. The third-order valence-corrected chi connectivity index (χ3v) is 4.45.